The van der Waals surface area contributed by atoms with Crippen molar-refractivity contribution in [3.8, 4) is 0 Å². The third-order valence-electron chi connectivity index (χ3n) is 2.71. The standard InChI is InChI=1S/C13H19F2N/c1-8(2)5-13(16-4)10-7-11(14)9(3)6-12(10)15/h6-8,13,16H,5H2,1-4H3. The SMILES string of the molecule is CNC(CC(C)C)c1cc(F)c(C)cc1F. The Labute approximate surface area is 95.9 Å². The lowest BCUT2D eigenvalue weighted by molar-refractivity contribution is 0.436. The molecule has 16 heavy (non-hydrogen) atoms. The Hall–Kier alpha value is -0.960. The molecule has 90 valence electrons. The first kappa shape index (κ1) is 13.1. The van der Waals surface area contributed by atoms with E-state index >= 15 is 0 Å². The third-order valence-corrected chi connectivity index (χ3v) is 2.71. The third kappa shape index (κ3) is 3.01. The Bertz CT molecular complexity index is 361. The number of rotatable bonds is 4. The van der Waals surface area contributed by atoms with Gasteiger partial charge in [0.2, 0.25) is 0 Å². The molecule has 1 atom stereocenters. The minimum atomic E-state index is -0.347. The lowest BCUT2D eigenvalue weighted by Gasteiger charge is -2.19. The van der Waals surface area contributed by atoms with Gasteiger partial charge in [-0.25, -0.2) is 8.78 Å². The molecule has 0 bridgehead atoms. The minimum Gasteiger partial charge on any atom is -0.313 e. The predicted molar refractivity (Wildman–Crippen MR) is 62.4 cm³/mol. The molecule has 1 rings (SSSR count). The molecule has 0 spiro atoms. The van der Waals surface area contributed by atoms with Gasteiger partial charge in [-0.1, -0.05) is 13.8 Å². The summed E-state index contributed by atoms with van der Waals surface area (Å²) < 4.78 is 27.1. The predicted octanol–water partition coefficient (Wildman–Crippen LogP) is 3.58. The van der Waals surface area contributed by atoms with Gasteiger partial charge in [0.1, 0.15) is 11.6 Å². The summed E-state index contributed by atoms with van der Waals surface area (Å²) in [6.45, 7) is 5.69. The number of hydrogen-bond acceptors (Lipinski definition) is 1. The average molecular weight is 227 g/mol. The van der Waals surface area contributed by atoms with Crippen LogP contribution < -0.4 is 5.32 Å². The van der Waals surface area contributed by atoms with E-state index in [-0.39, 0.29) is 17.7 Å². The molecule has 0 aromatic heterocycles. The maximum atomic E-state index is 13.7. The molecule has 0 aliphatic rings. The van der Waals surface area contributed by atoms with Gasteiger partial charge in [-0.2, -0.15) is 0 Å². The number of halogens is 2. The van der Waals surface area contributed by atoms with E-state index in [0.717, 1.165) is 6.42 Å². The summed E-state index contributed by atoms with van der Waals surface area (Å²) in [5.74, 6) is -0.250. The van der Waals surface area contributed by atoms with E-state index < -0.39 is 0 Å². The van der Waals surface area contributed by atoms with Crippen LogP contribution in [0, 0.1) is 24.5 Å². The summed E-state index contributed by atoms with van der Waals surface area (Å²) in [4.78, 5) is 0. The monoisotopic (exact) mass is 227 g/mol. The molecule has 0 heterocycles. The van der Waals surface area contributed by atoms with Crippen molar-refractivity contribution in [1.29, 1.82) is 0 Å². The largest absolute Gasteiger partial charge is 0.313 e. The van der Waals surface area contributed by atoms with Crippen LogP contribution in [0.3, 0.4) is 0 Å². The van der Waals surface area contributed by atoms with Gasteiger partial charge in [-0.3, -0.25) is 0 Å². The zero-order chi connectivity index (χ0) is 12.3. The molecule has 3 heteroatoms. The Morgan fingerprint density at radius 1 is 1.19 bits per heavy atom. The fourth-order valence-corrected chi connectivity index (χ4v) is 1.80. The summed E-state index contributed by atoms with van der Waals surface area (Å²) >= 11 is 0. The van der Waals surface area contributed by atoms with Crippen molar-refractivity contribution in [3.05, 3.63) is 34.9 Å². The lowest BCUT2D eigenvalue weighted by atomic mass is 9.96. The highest BCUT2D eigenvalue weighted by Crippen LogP contribution is 2.25. The van der Waals surface area contributed by atoms with Gasteiger partial charge in [0, 0.05) is 11.6 Å². The number of benzene rings is 1. The van der Waals surface area contributed by atoms with E-state index in [1.165, 1.54) is 12.1 Å². The van der Waals surface area contributed by atoms with Gasteiger partial charge < -0.3 is 5.32 Å². The van der Waals surface area contributed by atoms with Crippen LogP contribution >= 0.6 is 0 Å². The van der Waals surface area contributed by atoms with E-state index in [1.54, 1.807) is 14.0 Å². The molecule has 1 unspecified atom stereocenters. The van der Waals surface area contributed by atoms with Crippen molar-refractivity contribution >= 4 is 0 Å². The summed E-state index contributed by atoms with van der Waals surface area (Å²) in [5.41, 5.74) is 0.764. The van der Waals surface area contributed by atoms with Gasteiger partial charge in [0.15, 0.2) is 0 Å². The van der Waals surface area contributed by atoms with Crippen LogP contribution in [0.2, 0.25) is 0 Å². The molecule has 0 aliphatic carbocycles. The van der Waals surface area contributed by atoms with Crippen LogP contribution in [-0.4, -0.2) is 7.05 Å². The molecule has 1 nitrogen and oxygen atoms in total. The maximum Gasteiger partial charge on any atom is 0.128 e. The van der Waals surface area contributed by atoms with Crippen LogP contribution in [0.15, 0.2) is 12.1 Å². The average Bonchev–Trinajstić information content (AvgIpc) is 2.20. The second kappa shape index (κ2) is 5.39. The van der Waals surface area contributed by atoms with Crippen molar-refractivity contribution in [2.45, 2.75) is 33.2 Å². The molecule has 0 aliphatic heterocycles. The van der Waals surface area contributed by atoms with Gasteiger partial charge >= 0.3 is 0 Å². The Kier molecular flexibility index (Phi) is 4.42. The molecular formula is C13H19F2N. The molecular weight excluding hydrogens is 208 g/mol. The fraction of sp³-hybridized carbons (Fsp3) is 0.538. The summed E-state index contributed by atoms with van der Waals surface area (Å²) in [6, 6.07) is 2.43. The zero-order valence-electron chi connectivity index (χ0n) is 10.3. The first-order valence-electron chi connectivity index (χ1n) is 5.58. The van der Waals surface area contributed by atoms with Crippen molar-refractivity contribution in [2.24, 2.45) is 5.92 Å². The zero-order valence-corrected chi connectivity index (χ0v) is 10.3. The van der Waals surface area contributed by atoms with Crippen molar-refractivity contribution in [1.82, 2.24) is 5.32 Å². The molecule has 0 saturated carbocycles. The number of nitrogens with one attached hydrogen (secondary N) is 1. The fourth-order valence-electron chi connectivity index (χ4n) is 1.80. The first-order chi connectivity index (χ1) is 7.45. The number of aryl methyl sites for hydroxylation is 1. The summed E-state index contributed by atoms with van der Waals surface area (Å²) in [7, 11) is 1.77. The second-order valence-corrected chi connectivity index (χ2v) is 4.59. The molecule has 0 radical (unpaired) electrons. The van der Waals surface area contributed by atoms with Crippen LogP contribution in [0.4, 0.5) is 8.78 Å². The summed E-state index contributed by atoms with van der Waals surface area (Å²) in [6.07, 6.45) is 0.788. The number of hydrogen-bond donors (Lipinski definition) is 1. The maximum absolute atomic E-state index is 13.7. The quantitative estimate of drug-likeness (QED) is 0.829. The molecule has 0 fully saturated rings. The van der Waals surface area contributed by atoms with Crippen molar-refractivity contribution in [3.63, 3.8) is 0 Å². The van der Waals surface area contributed by atoms with E-state index in [2.05, 4.69) is 19.2 Å². The first-order valence-corrected chi connectivity index (χ1v) is 5.58. The molecule has 1 N–H and O–H groups in total. The van der Waals surface area contributed by atoms with E-state index in [4.69, 9.17) is 0 Å². The highest BCUT2D eigenvalue weighted by atomic mass is 19.1. The van der Waals surface area contributed by atoms with Crippen LogP contribution in [-0.2, 0) is 0 Å². The normalized spacial score (nSPS) is 13.2. The highest BCUT2D eigenvalue weighted by molar-refractivity contribution is 5.27. The van der Waals surface area contributed by atoms with E-state index in [9.17, 15) is 8.78 Å². The second-order valence-electron chi connectivity index (χ2n) is 4.59. The summed E-state index contributed by atoms with van der Waals surface area (Å²) in [5, 5.41) is 3.03. The van der Waals surface area contributed by atoms with E-state index in [0.29, 0.717) is 17.0 Å². The molecule has 1 aromatic rings. The van der Waals surface area contributed by atoms with Gasteiger partial charge in [-0.05, 0) is 44.0 Å². The molecule has 0 saturated heterocycles. The molecule has 1 aromatic carbocycles. The van der Waals surface area contributed by atoms with Crippen LogP contribution in [0.5, 0.6) is 0 Å². The van der Waals surface area contributed by atoms with Gasteiger partial charge in [0.05, 0.1) is 0 Å². The Morgan fingerprint density at radius 3 is 2.31 bits per heavy atom. The lowest BCUT2D eigenvalue weighted by Crippen LogP contribution is -2.20. The Morgan fingerprint density at radius 2 is 1.81 bits per heavy atom. The highest BCUT2D eigenvalue weighted by Gasteiger charge is 2.17. The minimum absolute atomic E-state index is 0.130. The van der Waals surface area contributed by atoms with Crippen LogP contribution in [0.1, 0.15) is 37.4 Å². The van der Waals surface area contributed by atoms with Gasteiger partial charge in [0.25, 0.3) is 0 Å². The molecule has 0 amide bonds. The Balaban J connectivity index is 3.05. The van der Waals surface area contributed by atoms with Crippen molar-refractivity contribution < 1.29 is 8.78 Å². The van der Waals surface area contributed by atoms with Gasteiger partial charge in [-0.15, -0.1) is 0 Å². The van der Waals surface area contributed by atoms with Crippen LogP contribution in [0.25, 0.3) is 0 Å². The smallest absolute Gasteiger partial charge is 0.128 e. The van der Waals surface area contributed by atoms with Crippen molar-refractivity contribution in [2.75, 3.05) is 7.05 Å². The topological polar surface area (TPSA) is 12.0 Å². The van der Waals surface area contributed by atoms with E-state index in [1.807, 2.05) is 0 Å².